The lowest BCUT2D eigenvalue weighted by molar-refractivity contribution is 0.312. The standard InChI is InChI=1S/C21H30N6O3S/c1-17-22-20(25-10-8-24(2)9-11-25)16-21(23-17)26-12-14-27(15-13-26)31(28,29)19-7-5-4-6-18(19)30-3/h4-7,16H,8-15H2,1-3H3. The summed E-state index contributed by atoms with van der Waals surface area (Å²) in [5, 5.41) is 0. The minimum absolute atomic E-state index is 0.209. The largest absolute Gasteiger partial charge is 0.495 e. The van der Waals surface area contributed by atoms with Crippen molar-refractivity contribution < 1.29 is 13.2 Å². The maximum absolute atomic E-state index is 13.1. The Morgan fingerprint density at radius 1 is 0.871 bits per heavy atom. The number of hydrogen-bond acceptors (Lipinski definition) is 8. The molecule has 1 aromatic heterocycles. The number of para-hydroxylation sites is 1. The van der Waals surface area contributed by atoms with E-state index in [1.807, 2.05) is 13.0 Å². The number of ether oxygens (including phenoxy) is 1. The van der Waals surface area contributed by atoms with E-state index >= 15 is 0 Å². The molecule has 2 aromatic rings. The van der Waals surface area contributed by atoms with Gasteiger partial charge in [-0.3, -0.25) is 0 Å². The predicted molar refractivity (Wildman–Crippen MR) is 120 cm³/mol. The molecule has 2 aliphatic heterocycles. The smallest absolute Gasteiger partial charge is 0.246 e. The third-order valence-electron chi connectivity index (χ3n) is 5.89. The van der Waals surface area contributed by atoms with Crippen molar-refractivity contribution in [2.24, 2.45) is 0 Å². The second-order valence-electron chi connectivity index (χ2n) is 7.96. The first-order valence-corrected chi connectivity index (χ1v) is 12.0. The van der Waals surface area contributed by atoms with Crippen LogP contribution in [0.15, 0.2) is 35.2 Å². The molecule has 0 unspecified atom stereocenters. The maximum Gasteiger partial charge on any atom is 0.246 e. The highest BCUT2D eigenvalue weighted by Crippen LogP contribution is 2.28. The van der Waals surface area contributed by atoms with Crippen LogP contribution in [0.1, 0.15) is 5.82 Å². The molecule has 0 saturated carbocycles. The molecule has 0 spiro atoms. The summed E-state index contributed by atoms with van der Waals surface area (Å²) in [6.45, 7) is 7.76. The molecule has 2 saturated heterocycles. The monoisotopic (exact) mass is 446 g/mol. The molecule has 0 aliphatic carbocycles. The van der Waals surface area contributed by atoms with Gasteiger partial charge in [-0.15, -0.1) is 0 Å². The van der Waals surface area contributed by atoms with E-state index in [0.29, 0.717) is 31.9 Å². The first kappa shape index (κ1) is 21.8. The summed E-state index contributed by atoms with van der Waals surface area (Å²) < 4.78 is 33.1. The molecule has 0 N–H and O–H groups in total. The van der Waals surface area contributed by atoms with Gasteiger partial charge >= 0.3 is 0 Å². The number of hydrogen-bond donors (Lipinski definition) is 0. The molecule has 168 valence electrons. The fourth-order valence-electron chi connectivity index (χ4n) is 4.02. The van der Waals surface area contributed by atoms with Crippen molar-refractivity contribution >= 4 is 21.7 Å². The summed E-state index contributed by atoms with van der Waals surface area (Å²) in [6, 6.07) is 8.78. The number of sulfonamides is 1. The quantitative estimate of drug-likeness (QED) is 0.674. The maximum atomic E-state index is 13.1. The van der Waals surface area contributed by atoms with Gasteiger partial charge in [0.05, 0.1) is 7.11 Å². The first-order valence-electron chi connectivity index (χ1n) is 10.6. The molecule has 0 radical (unpaired) electrons. The van der Waals surface area contributed by atoms with Gasteiger partial charge in [-0.05, 0) is 26.1 Å². The van der Waals surface area contributed by atoms with Crippen molar-refractivity contribution in [1.82, 2.24) is 19.2 Å². The number of benzene rings is 1. The van der Waals surface area contributed by atoms with Gasteiger partial charge in [0.25, 0.3) is 0 Å². The number of piperazine rings is 2. The van der Waals surface area contributed by atoms with Crippen molar-refractivity contribution in [2.75, 3.05) is 76.3 Å². The zero-order chi connectivity index (χ0) is 22.0. The summed E-state index contributed by atoms with van der Waals surface area (Å²) >= 11 is 0. The molecule has 2 aliphatic rings. The van der Waals surface area contributed by atoms with E-state index in [1.165, 1.54) is 11.4 Å². The summed E-state index contributed by atoms with van der Waals surface area (Å²) in [5.41, 5.74) is 0. The van der Waals surface area contributed by atoms with Crippen LogP contribution in [0.3, 0.4) is 0 Å². The third-order valence-corrected chi connectivity index (χ3v) is 7.83. The second-order valence-corrected chi connectivity index (χ2v) is 9.87. The average Bonchev–Trinajstić information content (AvgIpc) is 2.79. The van der Waals surface area contributed by atoms with Crippen LogP contribution in [0, 0.1) is 6.92 Å². The van der Waals surface area contributed by atoms with Crippen molar-refractivity contribution in [2.45, 2.75) is 11.8 Å². The van der Waals surface area contributed by atoms with Crippen LogP contribution in [0.5, 0.6) is 5.75 Å². The van der Waals surface area contributed by atoms with E-state index in [9.17, 15) is 8.42 Å². The van der Waals surface area contributed by atoms with Gasteiger partial charge in [0.15, 0.2) is 0 Å². The van der Waals surface area contributed by atoms with Crippen LogP contribution >= 0.6 is 0 Å². The second kappa shape index (κ2) is 8.97. The summed E-state index contributed by atoms with van der Waals surface area (Å²) in [6.07, 6.45) is 0. The highest BCUT2D eigenvalue weighted by atomic mass is 32.2. The molecule has 10 heteroatoms. The summed E-state index contributed by atoms with van der Waals surface area (Å²) in [4.78, 5) is 16.2. The van der Waals surface area contributed by atoms with Gasteiger partial charge in [-0.25, -0.2) is 18.4 Å². The zero-order valence-electron chi connectivity index (χ0n) is 18.4. The molecule has 0 bridgehead atoms. The molecule has 0 amide bonds. The molecule has 4 rings (SSSR count). The molecular weight excluding hydrogens is 416 g/mol. The van der Waals surface area contributed by atoms with Gasteiger partial charge in [-0.2, -0.15) is 4.31 Å². The number of anilines is 2. The topological polar surface area (TPSA) is 82.1 Å². The number of aromatic nitrogens is 2. The van der Waals surface area contributed by atoms with Gasteiger partial charge in [0.2, 0.25) is 10.0 Å². The van der Waals surface area contributed by atoms with Crippen LogP contribution in [0.4, 0.5) is 11.6 Å². The molecule has 0 atom stereocenters. The molecular formula is C21H30N6O3S. The SMILES string of the molecule is COc1ccccc1S(=O)(=O)N1CCN(c2cc(N3CCN(C)CC3)nc(C)n2)CC1. The van der Waals surface area contributed by atoms with Crippen molar-refractivity contribution in [3.05, 3.63) is 36.2 Å². The Morgan fingerprint density at radius 2 is 1.42 bits per heavy atom. The van der Waals surface area contributed by atoms with E-state index in [-0.39, 0.29) is 4.90 Å². The van der Waals surface area contributed by atoms with Crippen molar-refractivity contribution in [1.29, 1.82) is 0 Å². The number of nitrogens with zero attached hydrogens (tertiary/aromatic N) is 6. The Kier molecular flexibility index (Phi) is 6.31. The minimum Gasteiger partial charge on any atom is -0.495 e. The Bertz CT molecular complexity index is 1020. The average molecular weight is 447 g/mol. The lowest BCUT2D eigenvalue weighted by Crippen LogP contribution is -2.49. The van der Waals surface area contributed by atoms with E-state index in [2.05, 4.69) is 31.7 Å². The number of aryl methyl sites for hydroxylation is 1. The van der Waals surface area contributed by atoms with Crippen LogP contribution in [-0.2, 0) is 10.0 Å². The van der Waals surface area contributed by atoms with Crippen LogP contribution in [0.2, 0.25) is 0 Å². The Morgan fingerprint density at radius 3 is 2.00 bits per heavy atom. The highest BCUT2D eigenvalue weighted by Gasteiger charge is 2.31. The predicted octanol–water partition coefficient (Wildman–Crippen LogP) is 1.06. The van der Waals surface area contributed by atoms with Gasteiger partial charge < -0.3 is 19.4 Å². The van der Waals surface area contributed by atoms with E-state index in [0.717, 1.165) is 43.6 Å². The van der Waals surface area contributed by atoms with Gasteiger partial charge in [0.1, 0.15) is 28.1 Å². The van der Waals surface area contributed by atoms with Crippen LogP contribution < -0.4 is 14.5 Å². The van der Waals surface area contributed by atoms with E-state index < -0.39 is 10.0 Å². The fraction of sp³-hybridized carbons (Fsp3) is 0.524. The Labute approximate surface area is 184 Å². The van der Waals surface area contributed by atoms with Crippen LogP contribution in [0.25, 0.3) is 0 Å². The molecule has 9 nitrogen and oxygen atoms in total. The van der Waals surface area contributed by atoms with Gasteiger partial charge in [-0.1, -0.05) is 12.1 Å². The molecule has 31 heavy (non-hydrogen) atoms. The summed E-state index contributed by atoms with van der Waals surface area (Å²) in [7, 11) is 0.00623. The lowest BCUT2D eigenvalue weighted by Gasteiger charge is -2.36. The number of rotatable bonds is 5. The molecule has 1 aromatic carbocycles. The molecule has 3 heterocycles. The lowest BCUT2D eigenvalue weighted by atomic mass is 10.3. The van der Waals surface area contributed by atoms with E-state index in [4.69, 9.17) is 4.74 Å². The molecule has 2 fully saturated rings. The van der Waals surface area contributed by atoms with Crippen molar-refractivity contribution in [3.8, 4) is 5.75 Å². The number of methoxy groups -OCH3 is 1. The Balaban J connectivity index is 1.48. The zero-order valence-corrected chi connectivity index (χ0v) is 19.2. The van der Waals surface area contributed by atoms with Gasteiger partial charge in [0, 0.05) is 58.4 Å². The number of likely N-dealkylation sites (N-methyl/N-ethyl adjacent to an activating group) is 1. The minimum atomic E-state index is -3.61. The van der Waals surface area contributed by atoms with Crippen LogP contribution in [-0.4, -0.2) is 94.1 Å². The summed E-state index contributed by atoms with van der Waals surface area (Å²) in [5.74, 6) is 2.90. The fourth-order valence-corrected chi connectivity index (χ4v) is 5.60. The normalized spacial score (nSPS) is 18.9. The third kappa shape index (κ3) is 4.60. The van der Waals surface area contributed by atoms with Crippen molar-refractivity contribution in [3.63, 3.8) is 0 Å². The Hall–Kier alpha value is -2.43. The first-order chi connectivity index (χ1) is 14.9. The highest BCUT2D eigenvalue weighted by molar-refractivity contribution is 7.89. The van der Waals surface area contributed by atoms with E-state index in [1.54, 1.807) is 24.3 Å².